The van der Waals surface area contributed by atoms with Gasteiger partial charge in [-0.15, -0.1) is 0 Å². The number of rotatable bonds is 2. The van der Waals surface area contributed by atoms with Crippen LogP contribution < -0.4 is 11.1 Å². The van der Waals surface area contributed by atoms with Crippen molar-refractivity contribution < 1.29 is 9.90 Å². The molecule has 0 saturated carbocycles. The number of benzene rings is 1. The van der Waals surface area contributed by atoms with E-state index in [-0.39, 0.29) is 11.7 Å². The lowest BCUT2D eigenvalue weighted by Crippen LogP contribution is -2.32. The minimum atomic E-state index is -0.603. The van der Waals surface area contributed by atoms with E-state index in [1.807, 2.05) is 0 Å². The molecule has 76 valence electrons. The van der Waals surface area contributed by atoms with Crippen molar-refractivity contribution >= 4 is 27.5 Å². The van der Waals surface area contributed by atoms with Crippen LogP contribution in [0.15, 0.2) is 22.7 Å². The zero-order valence-corrected chi connectivity index (χ0v) is 9.21. The van der Waals surface area contributed by atoms with Crippen LogP contribution in [0.1, 0.15) is 6.92 Å². The SMILES string of the molecule is C[C@H](N)C(=O)Nc1cccc(Br)c1O. The average molecular weight is 259 g/mol. The number of nitrogens with one attached hydrogen (secondary N) is 1. The molecule has 0 bridgehead atoms. The first-order valence-corrected chi connectivity index (χ1v) is 4.85. The minimum Gasteiger partial charge on any atom is -0.505 e. The number of hydrogen-bond acceptors (Lipinski definition) is 3. The molecule has 0 fully saturated rings. The van der Waals surface area contributed by atoms with Gasteiger partial charge in [0, 0.05) is 0 Å². The van der Waals surface area contributed by atoms with E-state index in [1.165, 1.54) is 0 Å². The van der Waals surface area contributed by atoms with Gasteiger partial charge in [0.2, 0.25) is 5.91 Å². The van der Waals surface area contributed by atoms with Crippen LogP contribution in [0.2, 0.25) is 0 Å². The summed E-state index contributed by atoms with van der Waals surface area (Å²) in [5, 5.41) is 12.0. The number of para-hydroxylation sites is 1. The van der Waals surface area contributed by atoms with E-state index >= 15 is 0 Å². The van der Waals surface area contributed by atoms with Gasteiger partial charge in [-0.3, -0.25) is 4.79 Å². The summed E-state index contributed by atoms with van der Waals surface area (Å²) in [4.78, 5) is 11.2. The quantitative estimate of drug-likeness (QED) is 0.703. The first-order valence-electron chi connectivity index (χ1n) is 4.06. The highest BCUT2D eigenvalue weighted by Gasteiger charge is 2.11. The van der Waals surface area contributed by atoms with Gasteiger partial charge in [-0.2, -0.15) is 0 Å². The monoisotopic (exact) mass is 258 g/mol. The number of hydrogen-bond donors (Lipinski definition) is 3. The average Bonchev–Trinajstić information content (AvgIpc) is 2.12. The molecule has 1 rings (SSSR count). The number of aromatic hydroxyl groups is 1. The fraction of sp³-hybridized carbons (Fsp3) is 0.222. The fourth-order valence-electron chi connectivity index (χ4n) is 0.863. The maximum Gasteiger partial charge on any atom is 0.241 e. The van der Waals surface area contributed by atoms with Gasteiger partial charge >= 0.3 is 0 Å². The molecule has 0 aliphatic heterocycles. The van der Waals surface area contributed by atoms with Crippen LogP contribution in [0.25, 0.3) is 0 Å². The molecule has 0 aromatic heterocycles. The smallest absolute Gasteiger partial charge is 0.241 e. The van der Waals surface area contributed by atoms with Gasteiger partial charge in [0.25, 0.3) is 0 Å². The standard InChI is InChI=1S/C9H11BrN2O2/c1-5(11)9(14)12-7-4-2-3-6(10)8(7)13/h2-5,13H,11H2,1H3,(H,12,14)/t5-/m0/s1. The lowest BCUT2D eigenvalue weighted by Gasteiger charge is -2.09. The Morgan fingerprint density at radius 2 is 2.29 bits per heavy atom. The number of nitrogens with two attached hydrogens (primary N) is 1. The number of carbonyl (C=O) groups excluding carboxylic acids is 1. The van der Waals surface area contributed by atoms with E-state index < -0.39 is 6.04 Å². The molecular weight excluding hydrogens is 248 g/mol. The molecule has 1 amide bonds. The Labute approximate surface area is 90.2 Å². The molecule has 14 heavy (non-hydrogen) atoms. The summed E-state index contributed by atoms with van der Waals surface area (Å²) in [6, 6.07) is 4.38. The number of amides is 1. The highest BCUT2D eigenvalue weighted by Crippen LogP contribution is 2.31. The zero-order valence-electron chi connectivity index (χ0n) is 7.62. The van der Waals surface area contributed by atoms with Crippen molar-refractivity contribution in [3.63, 3.8) is 0 Å². The molecule has 0 aliphatic carbocycles. The molecule has 1 atom stereocenters. The lowest BCUT2D eigenvalue weighted by molar-refractivity contribution is -0.117. The van der Waals surface area contributed by atoms with E-state index in [4.69, 9.17) is 5.73 Å². The topological polar surface area (TPSA) is 75.4 Å². The molecule has 0 radical (unpaired) electrons. The van der Waals surface area contributed by atoms with Gasteiger partial charge in [0.15, 0.2) is 5.75 Å². The molecule has 1 aromatic carbocycles. The molecule has 0 spiro atoms. The van der Waals surface area contributed by atoms with Crippen LogP contribution >= 0.6 is 15.9 Å². The predicted octanol–water partition coefficient (Wildman–Crippen LogP) is 1.44. The molecule has 0 heterocycles. The predicted molar refractivity (Wildman–Crippen MR) is 58.1 cm³/mol. The summed E-state index contributed by atoms with van der Waals surface area (Å²) in [5.41, 5.74) is 5.72. The molecule has 0 aliphatic rings. The lowest BCUT2D eigenvalue weighted by atomic mass is 10.2. The molecule has 0 unspecified atom stereocenters. The van der Waals surface area contributed by atoms with E-state index in [0.29, 0.717) is 10.2 Å². The van der Waals surface area contributed by atoms with E-state index in [0.717, 1.165) is 0 Å². The Balaban J connectivity index is 2.87. The van der Waals surface area contributed by atoms with Crippen LogP contribution in [-0.2, 0) is 4.79 Å². The molecular formula is C9H11BrN2O2. The van der Waals surface area contributed by atoms with Gasteiger partial charge in [0.1, 0.15) is 0 Å². The third kappa shape index (κ3) is 2.46. The first kappa shape index (κ1) is 11.0. The summed E-state index contributed by atoms with van der Waals surface area (Å²) >= 11 is 3.14. The summed E-state index contributed by atoms with van der Waals surface area (Å²) < 4.78 is 0.528. The van der Waals surface area contributed by atoms with E-state index in [2.05, 4.69) is 21.2 Å². The molecule has 0 saturated heterocycles. The maximum absolute atomic E-state index is 11.2. The van der Waals surface area contributed by atoms with Crippen LogP contribution in [0.4, 0.5) is 5.69 Å². The van der Waals surface area contributed by atoms with Crippen LogP contribution in [0.3, 0.4) is 0 Å². The third-order valence-corrected chi connectivity index (χ3v) is 2.30. The Bertz CT molecular complexity index is 353. The summed E-state index contributed by atoms with van der Waals surface area (Å²) in [7, 11) is 0. The number of carbonyl (C=O) groups is 1. The van der Waals surface area contributed by atoms with Gasteiger partial charge in [-0.1, -0.05) is 6.07 Å². The highest BCUT2D eigenvalue weighted by atomic mass is 79.9. The van der Waals surface area contributed by atoms with Crippen molar-refractivity contribution in [1.29, 1.82) is 0 Å². The summed E-state index contributed by atoms with van der Waals surface area (Å²) in [6.07, 6.45) is 0. The van der Waals surface area contributed by atoms with E-state index in [1.54, 1.807) is 25.1 Å². The molecule has 5 heteroatoms. The molecule has 4 nitrogen and oxygen atoms in total. The Morgan fingerprint density at radius 1 is 1.64 bits per heavy atom. The van der Waals surface area contributed by atoms with Gasteiger partial charge in [-0.25, -0.2) is 0 Å². The number of halogens is 1. The van der Waals surface area contributed by atoms with Crippen molar-refractivity contribution in [2.75, 3.05) is 5.32 Å². The maximum atomic E-state index is 11.2. The normalized spacial score (nSPS) is 12.2. The van der Waals surface area contributed by atoms with Gasteiger partial charge < -0.3 is 16.2 Å². The summed E-state index contributed by atoms with van der Waals surface area (Å²) in [6.45, 7) is 1.57. The third-order valence-electron chi connectivity index (χ3n) is 1.66. The largest absolute Gasteiger partial charge is 0.505 e. The Morgan fingerprint density at radius 3 is 2.86 bits per heavy atom. The number of phenolic OH excluding ortho intramolecular Hbond substituents is 1. The van der Waals surface area contributed by atoms with Crippen LogP contribution in [0.5, 0.6) is 5.75 Å². The van der Waals surface area contributed by atoms with Crippen molar-refractivity contribution in [3.8, 4) is 5.75 Å². The Kier molecular flexibility index (Phi) is 3.49. The van der Waals surface area contributed by atoms with Crippen LogP contribution in [-0.4, -0.2) is 17.1 Å². The zero-order chi connectivity index (χ0) is 10.7. The second-order valence-corrected chi connectivity index (χ2v) is 3.77. The van der Waals surface area contributed by atoms with Gasteiger partial charge in [-0.05, 0) is 35.0 Å². The van der Waals surface area contributed by atoms with Crippen molar-refractivity contribution in [2.24, 2.45) is 5.73 Å². The van der Waals surface area contributed by atoms with Crippen molar-refractivity contribution in [1.82, 2.24) is 0 Å². The molecule has 4 N–H and O–H groups in total. The van der Waals surface area contributed by atoms with Crippen molar-refractivity contribution in [3.05, 3.63) is 22.7 Å². The first-order chi connectivity index (χ1) is 6.52. The minimum absolute atomic E-state index is 0.00139. The number of phenols is 1. The Hall–Kier alpha value is -1.07. The second-order valence-electron chi connectivity index (χ2n) is 2.91. The number of anilines is 1. The summed E-state index contributed by atoms with van der Waals surface area (Å²) in [5.74, 6) is -0.333. The van der Waals surface area contributed by atoms with Crippen LogP contribution in [0, 0.1) is 0 Å². The molecule has 1 aromatic rings. The van der Waals surface area contributed by atoms with Gasteiger partial charge in [0.05, 0.1) is 16.2 Å². The fourth-order valence-corrected chi connectivity index (χ4v) is 1.23. The van der Waals surface area contributed by atoms with E-state index in [9.17, 15) is 9.90 Å². The second kappa shape index (κ2) is 4.43. The van der Waals surface area contributed by atoms with Crippen molar-refractivity contribution in [2.45, 2.75) is 13.0 Å². The highest BCUT2D eigenvalue weighted by molar-refractivity contribution is 9.10.